The number of hydrogen-bond donors (Lipinski definition) is 2. The summed E-state index contributed by atoms with van der Waals surface area (Å²) in [6, 6.07) is 6.66. The molecule has 0 bridgehead atoms. The van der Waals surface area contributed by atoms with Crippen LogP contribution in [0.5, 0.6) is 0 Å². The molecule has 0 spiro atoms. The van der Waals surface area contributed by atoms with Gasteiger partial charge in [-0.15, -0.1) is 0 Å². The summed E-state index contributed by atoms with van der Waals surface area (Å²) < 4.78 is 5.26. The smallest absolute Gasteiger partial charge is 0.246 e. The number of carbonyl (C=O) groups is 3. The van der Waals surface area contributed by atoms with Crippen molar-refractivity contribution in [2.75, 3.05) is 31.6 Å². The molecule has 0 unspecified atom stereocenters. The van der Waals surface area contributed by atoms with E-state index in [1.807, 2.05) is 17.0 Å². The van der Waals surface area contributed by atoms with E-state index in [-0.39, 0.29) is 23.6 Å². The molecule has 28 heavy (non-hydrogen) atoms. The minimum atomic E-state index is -0.587. The average molecular weight is 387 g/mol. The van der Waals surface area contributed by atoms with Crippen molar-refractivity contribution in [3.63, 3.8) is 0 Å². The van der Waals surface area contributed by atoms with Crippen molar-refractivity contribution in [3.05, 3.63) is 29.8 Å². The number of morpholine rings is 1. The van der Waals surface area contributed by atoms with Crippen LogP contribution in [0.1, 0.15) is 38.2 Å². The zero-order valence-electron chi connectivity index (χ0n) is 16.4. The Morgan fingerprint density at radius 1 is 1.11 bits per heavy atom. The molecule has 2 N–H and O–H groups in total. The largest absolute Gasteiger partial charge is 0.378 e. The van der Waals surface area contributed by atoms with Crippen molar-refractivity contribution < 1.29 is 19.1 Å². The van der Waals surface area contributed by atoms with Gasteiger partial charge in [0.15, 0.2) is 0 Å². The number of ether oxygens (including phenoxy) is 1. The van der Waals surface area contributed by atoms with Gasteiger partial charge in [-0.25, -0.2) is 0 Å². The summed E-state index contributed by atoms with van der Waals surface area (Å²) in [6.45, 7) is 4.14. The Bertz CT molecular complexity index is 692. The number of benzene rings is 1. The molecule has 3 amide bonds. The molecule has 152 valence electrons. The van der Waals surface area contributed by atoms with E-state index in [9.17, 15) is 14.4 Å². The van der Waals surface area contributed by atoms with Gasteiger partial charge in [-0.1, -0.05) is 25.0 Å². The van der Waals surface area contributed by atoms with Gasteiger partial charge in [0.2, 0.25) is 17.7 Å². The van der Waals surface area contributed by atoms with E-state index in [0.717, 1.165) is 31.2 Å². The summed E-state index contributed by atoms with van der Waals surface area (Å²) in [5.41, 5.74) is 1.55. The van der Waals surface area contributed by atoms with Crippen LogP contribution in [0.15, 0.2) is 24.3 Å². The molecule has 1 aromatic rings. The number of nitrogens with zero attached hydrogens (tertiary/aromatic N) is 1. The molecule has 2 fully saturated rings. The molecule has 7 heteroatoms. The van der Waals surface area contributed by atoms with Crippen LogP contribution in [0.2, 0.25) is 0 Å². The van der Waals surface area contributed by atoms with Gasteiger partial charge in [-0.3, -0.25) is 14.4 Å². The molecule has 1 aliphatic carbocycles. The highest BCUT2D eigenvalue weighted by Gasteiger charge is 2.25. The molecule has 1 saturated carbocycles. The fourth-order valence-corrected chi connectivity index (χ4v) is 3.64. The minimum Gasteiger partial charge on any atom is -0.378 e. The zero-order chi connectivity index (χ0) is 19.9. The molecule has 1 aliphatic heterocycles. The lowest BCUT2D eigenvalue weighted by atomic mass is 10.1. The summed E-state index contributed by atoms with van der Waals surface area (Å²) in [4.78, 5) is 38.6. The summed E-state index contributed by atoms with van der Waals surface area (Å²) in [5.74, 6) is -0.150. The lowest BCUT2D eigenvalue weighted by Gasteiger charge is -2.26. The van der Waals surface area contributed by atoms with Crippen molar-refractivity contribution in [3.8, 4) is 0 Å². The molecule has 3 rings (SSSR count). The van der Waals surface area contributed by atoms with Gasteiger partial charge in [-0.05, 0) is 37.5 Å². The SMILES string of the molecule is C[C@@H](NC(=O)C1CCCC1)C(=O)Nc1ccc(CC(=O)N2CCOCC2)cc1. The fraction of sp³-hybridized carbons (Fsp3) is 0.571. The van der Waals surface area contributed by atoms with E-state index in [0.29, 0.717) is 38.4 Å². The van der Waals surface area contributed by atoms with Gasteiger partial charge in [-0.2, -0.15) is 0 Å². The standard InChI is InChI=1S/C21H29N3O4/c1-15(22-21(27)17-4-2-3-5-17)20(26)23-18-8-6-16(7-9-18)14-19(25)24-10-12-28-13-11-24/h6-9,15,17H,2-5,10-14H2,1H3,(H,22,27)(H,23,26)/t15-/m1/s1. The van der Waals surface area contributed by atoms with E-state index >= 15 is 0 Å². The van der Waals surface area contributed by atoms with E-state index in [2.05, 4.69) is 10.6 Å². The number of nitrogens with one attached hydrogen (secondary N) is 2. The molecular formula is C21H29N3O4. The molecule has 0 radical (unpaired) electrons. The van der Waals surface area contributed by atoms with Crippen LogP contribution in [0.3, 0.4) is 0 Å². The van der Waals surface area contributed by atoms with Crippen LogP contribution in [0.25, 0.3) is 0 Å². The van der Waals surface area contributed by atoms with Gasteiger partial charge in [0, 0.05) is 24.7 Å². The second-order valence-corrected chi connectivity index (χ2v) is 7.57. The van der Waals surface area contributed by atoms with Gasteiger partial charge in [0.05, 0.1) is 19.6 Å². The molecule has 1 aromatic carbocycles. The third-order valence-corrected chi connectivity index (χ3v) is 5.42. The molecule has 0 aromatic heterocycles. The molecule has 1 atom stereocenters. The van der Waals surface area contributed by atoms with Crippen LogP contribution >= 0.6 is 0 Å². The number of carbonyl (C=O) groups excluding carboxylic acids is 3. The lowest BCUT2D eigenvalue weighted by Crippen LogP contribution is -2.43. The number of hydrogen-bond acceptors (Lipinski definition) is 4. The van der Waals surface area contributed by atoms with E-state index in [1.165, 1.54) is 0 Å². The highest BCUT2D eigenvalue weighted by Crippen LogP contribution is 2.24. The van der Waals surface area contributed by atoms with Gasteiger partial charge in [0.25, 0.3) is 0 Å². The summed E-state index contributed by atoms with van der Waals surface area (Å²) >= 11 is 0. The zero-order valence-corrected chi connectivity index (χ0v) is 16.4. The molecule has 1 saturated heterocycles. The normalized spacial score (nSPS) is 18.5. The fourth-order valence-electron chi connectivity index (χ4n) is 3.64. The molecule has 2 aliphatic rings. The van der Waals surface area contributed by atoms with Crippen molar-refractivity contribution in [2.24, 2.45) is 5.92 Å². The molecule has 1 heterocycles. The topological polar surface area (TPSA) is 87.7 Å². The first-order valence-electron chi connectivity index (χ1n) is 10.1. The Labute approximate surface area is 165 Å². The Balaban J connectivity index is 1.46. The summed E-state index contributed by atoms with van der Waals surface area (Å²) in [7, 11) is 0. The quantitative estimate of drug-likeness (QED) is 0.778. The Hall–Kier alpha value is -2.41. The van der Waals surface area contributed by atoms with Crippen LogP contribution in [-0.2, 0) is 25.5 Å². The van der Waals surface area contributed by atoms with Gasteiger partial charge < -0.3 is 20.3 Å². The van der Waals surface area contributed by atoms with E-state index < -0.39 is 6.04 Å². The first kappa shape index (κ1) is 20.3. The van der Waals surface area contributed by atoms with Crippen molar-refractivity contribution >= 4 is 23.4 Å². The molecule has 7 nitrogen and oxygen atoms in total. The van der Waals surface area contributed by atoms with Crippen LogP contribution in [0.4, 0.5) is 5.69 Å². The van der Waals surface area contributed by atoms with Crippen molar-refractivity contribution in [1.82, 2.24) is 10.2 Å². The highest BCUT2D eigenvalue weighted by molar-refractivity contribution is 5.97. The Morgan fingerprint density at radius 2 is 1.75 bits per heavy atom. The van der Waals surface area contributed by atoms with Crippen LogP contribution in [-0.4, -0.2) is 55.0 Å². The van der Waals surface area contributed by atoms with Crippen molar-refractivity contribution in [1.29, 1.82) is 0 Å². The van der Waals surface area contributed by atoms with Crippen LogP contribution < -0.4 is 10.6 Å². The monoisotopic (exact) mass is 387 g/mol. The van der Waals surface area contributed by atoms with Crippen molar-refractivity contribution in [2.45, 2.75) is 45.1 Å². The molecular weight excluding hydrogens is 358 g/mol. The van der Waals surface area contributed by atoms with E-state index in [1.54, 1.807) is 19.1 Å². The maximum atomic E-state index is 12.3. The Morgan fingerprint density at radius 3 is 2.39 bits per heavy atom. The first-order valence-corrected chi connectivity index (χ1v) is 10.1. The summed E-state index contributed by atoms with van der Waals surface area (Å²) in [6.07, 6.45) is 4.32. The van der Waals surface area contributed by atoms with Crippen LogP contribution in [0, 0.1) is 5.92 Å². The predicted octanol–water partition coefficient (Wildman–Crippen LogP) is 1.72. The first-order chi connectivity index (χ1) is 13.5. The third kappa shape index (κ3) is 5.55. The Kier molecular flexibility index (Phi) is 7.03. The highest BCUT2D eigenvalue weighted by atomic mass is 16.5. The summed E-state index contributed by atoms with van der Waals surface area (Å²) in [5, 5.41) is 5.62. The van der Waals surface area contributed by atoms with Gasteiger partial charge in [0.1, 0.15) is 6.04 Å². The minimum absolute atomic E-state index is 0.0304. The average Bonchev–Trinajstić information content (AvgIpc) is 3.25. The lowest BCUT2D eigenvalue weighted by molar-refractivity contribution is -0.134. The van der Waals surface area contributed by atoms with E-state index in [4.69, 9.17) is 4.74 Å². The second kappa shape index (κ2) is 9.68. The number of anilines is 1. The third-order valence-electron chi connectivity index (χ3n) is 5.42. The second-order valence-electron chi connectivity index (χ2n) is 7.57. The van der Waals surface area contributed by atoms with Gasteiger partial charge >= 0.3 is 0 Å². The maximum absolute atomic E-state index is 12.3. The maximum Gasteiger partial charge on any atom is 0.246 e. The number of rotatable bonds is 6. The predicted molar refractivity (Wildman–Crippen MR) is 106 cm³/mol. The number of amides is 3.